The van der Waals surface area contributed by atoms with Crippen molar-refractivity contribution in [3.63, 3.8) is 0 Å². The maximum Gasteiger partial charge on any atom is 0.415 e. The van der Waals surface area contributed by atoms with Gasteiger partial charge in [-0.1, -0.05) is 51.0 Å². The predicted octanol–water partition coefficient (Wildman–Crippen LogP) is 5.57. The second-order valence-electron chi connectivity index (χ2n) is 10.3. The van der Waals surface area contributed by atoms with Crippen molar-refractivity contribution in [1.29, 1.82) is 4.78 Å². The van der Waals surface area contributed by atoms with Crippen LogP contribution in [0.25, 0.3) is 0 Å². The van der Waals surface area contributed by atoms with E-state index in [0.29, 0.717) is 19.5 Å². The average molecular weight is 548 g/mol. The largest absolute Gasteiger partial charge is 0.508 e. The third-order valence-electron chi connectivity index (χ3n) is 6.84. The van der Waals surface area contributed by atoms with Crippen LogP contribution in [-0.2, 0) is 20.8 Å². The number of carbonyl (C=O) groups is 1. The van der Waals surface area contributed by atoms with Gasteiger partial charge >= 0.3 is 16.6 Å². The number of cyclic esters (lactones) is 1. The molecule has 0 radical (unpaired) electrons. The molecule has 1 heterocycles. The number of hydrogen-bond acceptors (Lipinski definition) is 8. The molecule has 2 aromatic carbocycles. The monoisotopic (exact) mass is 547 g/mol. The van der Waals surface area contributed by atoms with E-state index in [1.165, 1.54) is 0 Å². The molecular formula is C28H41N3O6S. The summed E-state index contributed by atoms with van der Waals surface area (Å²) in [5.41, 5.74) is 2.67. The van der Waals surface area contributed by atoms with E-state index in [0.717, 1.165) is 48.1 Å². The number of nitrogens with one attached hydrogen (secondary N) is 2. The summed E-state index contributed by atoms with van der Waals surface area (Å²) in [4.78, 5) is 14.9. The maximum absolute atomic E-state index is 13.2. The van der Waals surface area contributed by atoms with Gasteiger partial charge in [0.2, 0.25) is 0 Å². The van der Waals surface area contributed by atoms with Gasteiger partial charge < -0.3 is 20.3 Å². The number of β-amino-alcohol motifs (C(OH)–C–C–N with tert-alkyl or cyclic N) is 1. The number of ether oxygens (including phenoxy) is 1. The molecule has 3 rings (SSSR count). The Morgan fingerprint density at radius 2 is 1.74 bits per heavy atom. The Kier molecular flexibility index (Phi) is 11.3. The summed E-state index contributed by atoms with van der Waals surface area (Å²) in [6.45, 7) is 11.1. The fourth-order valence-electron chi connectivity index (χ4n) is 4.84. The number of amides is 1. The van der Waals surface area contributed by atoms with Crippen LogP contribution in [0, 0.1) is 11.7 Å². The second-order valence-corrected chi connectivity index (χ2v) is 10.8. The van der Waals surface area contributed by atoms with Crippen molar-refractivity contribution in [1.82, 2.24) is 5.32 Å². The lowest BCUT2D eigenvalue weighted by molar-refractivity contribution is -0.00977. The van der Waals surface area contributed by atoms with Crippen LogP contribution < -0.4 is 10.2 Å². The van der Waals surface area contributed by atoms with Crippen LogP contribution in [0.5, 0.6) is 5.75 Å². The van der Waals surface area contributed by atoms with Gasteiger partial charge in [-0.05, 0) is 69.4 Å². The highest BCUT2D eigenvalue weighted by Gasteiger charge is 2.43. The summed E-state index contributed by atoms with van der Waals surface area (Å²) in [5.74, 6) is 0.222. The van der Waals surface area contributed by atoms with Crippen LogP contribution in [-0.4, -0.2) is 43.4 Å². The van der Waals surface area contributed by atoms with Gasteiger partial charge in [0.05, 0.1) is 11.8 Å². The normalized spacial score (nSPS) is 15.1. The number of para-hydroxylation sites is 1. The Hall–Kier alpha value is -2.95. The van der Waals surface area contributed by atoms with Gasteiger partial charge in [-0.15, -0.1) is 0 Å². The van der Waals surface area contributed by atoms with Crippen LogP contribution in [0.3, 0.4) is 0 Å². The summed E-state index contributed by atoms with van der Waals surface area (Å²) >= 11 is 0. The first-order valence-electron chi connectivity index (χ1n) is 13.0. The SMILES string of the molecule is CCCC1(CCC)OC(=O)N(CCC(C)(C)NCC(O)c2ccc(O)c(C)c2)c2ccccc21.N=S(=O)=O. The number of aryl methyl sites for hydroxylation is 1. The molecule has 0 fully saturated rings. The Labute approximate surface area is 227 Å². The lowest BCUT2D eigenvalue weighted by Crippen LogP contribution is -2.49. The smallest absolute Gasteiger partial charge is 0.415 e. The molecule has 9 nitrogen and oxygen atoms in total. The van der Waals surface area contributed by atoms with Crippen molar-refractivity contribution < 1.29 is 28.2 Å². The van der Waals surface area contributed by atoms with Gasteiger partial charge in [-0.25, -0.2) is 4.79 Å². The molecule has 4 N–H and O–H groups in total. The highest BCUT2D eigenvalue weighted by molar-refractivity contribution is 7.60. The average Bonchev–Trinajstić information content (AvgIpc) is 2.84. The molecule has 1 amide bonds. The molecule has 0 aromatic heterocycles. The standard InChI is InChI=1S/C28H40N2O4.HNO2S/c1-6-14-28(15-7-2)22-10-8-9-11-23(22)30(26(33)34-28)17-16-27(4,5)29-19-25(32)21-12-13-24(31)20(3)18-21;1-4(2)3/h8-13,18,25,29,31-32H,6-7,14-17,19H2,1-5H3;1H. The summed E-state index contributed by atoms with van der Waals surface area (Å²) in [6.07, 6.45) is 3.24. The maximum atomic E-state index is 13.2. The number of phenolic OH excluding ortho intramolecular Hbond substituents is 1. The van der Waals surface area contributed by atoms with Crippen LogP contribution in [0.15, 0.2) is 42.5 Å². The molecule has 210 valence electrons. The van der Waals surface area contributed by atoms with Crippen molar-refractivity contribution in [2.75, 3.05) is 18.0 Å². The minimum atomic E-state index is -2.61. The molecule has 0 aliphatic carbocycles. The fraction of sp³-hybridized carbons (Fsp3) is 0.536. The molecule has 1 aliphatic heterocycles. The summed E-state index contributed by atoms with van der Waals surface area (Å²) in [7, 11) is -2.61. The van der Waals surface area contributed by atoms with E-state index < -0.39 is 22.2 Å². The third-order valence-corrected chi connectivity index (χ3v) is 6.84. The molecular weight excluding hydrogens is 506 g/mol. The highest BCUT2D eigenvalue weighted by atomic mass is 32.2. The van der Waals surface area contributed by atoms with Crippen LogP contribution in [0.1, 0.15) is 82.6 Å². The molecule has 1 aliphatic rings. The van der Waals surface area contributed by atoms with E-state index in [1.807, 2.05) is 25.1 Å². The number of benzene rings is 2. The zero-order valence-electron chi connectivity index (χ0n) is 23.0. The number of aliphatic hydroxyl groups is 1. The van der Waals surface area contributed by atoms with Crippen molar-refractivity contribution in [3.05, 3.63) is 59.2 Å². The minimum absolute atomic E-state index is 0.222. The molecule has 38 heavy (non-hydrogen) atoms. The zero-order valence-corrected chi connectivity index (χ0v) is 23.8. The van der Waals surface area contributed by atoms with Gasteiger partial charge in [-0.3, -0.25) is 4.90 Å². The number of aromatic hydroxyl groups is 1. The van der Waals surface area contributed by atoms with E-state index >= 15 is 0 Å². The van der Waals surface area contributed by atoms with Gasteiger partial charge in [0.15, 0.2) is 0 Å². The Morgan fingerprint density at radius 3 is 2.32 bits per heavy atom. The van der Waals surface area contributed by atoms with Gasteiger partial charge in [0.25, 0.3) is 0 Å². The number of rotatable bonds is 11. The van der Waals surface area contributed by atoms with Crippen molar-refractivity contribution >= 4 is 22.3 Å². The first-order chi connectivity index (χ1) is 17.9. The highest BCUT2D eigenvalue weighted by Crippen LogP contribution is 2.45. The number of nitrogens with zero attached hydrogens (tertiary/aromatic N) is 1. The number of fused-ring (bicyclic) bond motifs is 1. The summed E-state index contributed by atoms with van der Waals surface area (Å²) < 4.78 is 29.0. The number of phenols is 1. The molecule has 1 unspecified atom stereocenters. The van der Waals surface area contributed by atoms with Crippen LogP contribution >= 0.6 is 0 Å². The number of aliphatic hydroxyl groups excluding tert-OH is 1. The van der Waals surface area contributed by atoms with E-state index in [2.05, 4.69) is 39.1 Å². The third kappa shape index (κ3) is 8.28. The Bertz CT molecular complexity index is 1190. The molecule has 0 saturated heterocycles. The lowest BCUT2D eigenvalue weighted by Gasteiger charge is -2.43. The van der Waals surface area contributed by atoms with Crippen LogP contribution in [0.4, 0.5) is 10.5 Å². The van der Waals surface area contributed by atoms with Gasteiger partial charge in [0, 0.05) is 24.2 Å². The minimum Gasteiger partial charge on any atom is -0.508 e. The van der Waals surface area contributed by atoms with Crippen molar-refractivity contribution in [3.8, 4) is 5.75 Å². The molecule has 0 saturated carbocycles. The number of hydrogen-bond donors (Lipinski definition) is 4. The topological polar surface area (TPSA) is 140 Å². The van der Waals surface area contributed by atoms with E-state index in [1.54, 1.807) is 23.1 Å². The molecule has 0 spiro atoms. The molecule has 2 aromatic rings. The molecule has 1 atom stereocenters. The van der Waals surface area contributed by atoms with Crippen molar-refractivity contribution in [2.24, 2.45) is 0 Å². The molecule has 0 bridgehead atoms. The predicted molar refractivity (Wildman–Crippen MR) is 148 cm³/mol. The summed E-state index contributed by atoms with van der Waals surface area (Å²) in [6, 6.07) is 13.3. The quantitative estimate of drug-likeness (QED) is 0.288. The Balaban J connectivity index is 0.00000118. The van der Waals surface area contributed by atoms with Gasteiger partial charge in [-0.2, -0.15) is 13.2 Å². The summed E-state index contributed by atoms with van der Waals surface area (Å²) in [5, 5.41) is 23.8. The number of anilines is 1. The fourth-order valence-corrected chi connectivity index (χ4v) is 4.84. The van der Waals surface area contributed by atoms with E-state index in [-0.39, 0.29) is 17.4 Å². The molecule has 10 heteroatoms. The first kappa shape index (κ1) is 31.3. The van der Waals surface area contributed by atoms with Crippen LogP contribution in [0.2, 0.25) is 0 Å². The van der Waals surface area contributed by atoms with Gasteiger partial charge in [0.1, 0.15) is 11.4 Å². The van der Waals surface area contributed by atoms with E-state index in [4.69, 9.17) is 17.9 Å². The van der Waals surface area contributed by atoms with Crippen molar-refractivity contribution in [2.45, 2.75) is 84.0 Å². The first-order valence-corrected chi connectivity index (χ1v) is 14.1. The second kappa shape index (κ2) is 13.7. The van der Waals surface area contributed by atoms with E-state index in [9.17, 15) is 15.0 Å². The number of carbonyl (C=O) groups excluding carboxylic acids is 1. The lowest BCUT2D eigenvalue weighted by atomic mass is 9.82. The zero-order chi connectivity index (χ0) is 28.5. The Morgan fingerprint density at radius 1 is 1.13 bits per heavy atom.